The molecular formula is C75H117NO18. The van der Waals surface area contributed by atoms with Crippen LogP contribution < -0.4 is 5.32 Å². The number of unbranched alkanes of at least 4 members (excludes halogenated alkanes) is 7. The van der Waals surface area contributed by atoms with Gasteiger partial charge in [0.1, 0.15) is 73.2 Å². The summed E-state index contributed by atoms with van der Waals surface area (Å²) in [6.07, 6.45) is 53.7. The summed E-state index contributed by atoms with van der Waals surface area (Å²) >= 11 is 0. The fourth-order valence-electron chi connectivity index (χ4n) is 10.2. The van der Waals surface area contributed by atoms with E-state index in [0.29, 0.717) is 12.8 Å². The minimum Gasteiger partial charge on any atom is -0.394 e. The number of carbonyl (C=O) groups is 1. The van der Waals surface area contributed by atoms with Crippen LogP contribution in [-0.2, 0) is 33.2 Å². The summed E-state index contributed by atoms with van der Waals surface area (Å²) in [5.74, 6) is -0.339. The van der Waals surface area contributed by atoms with Crippen LogP contribution in [0.25, 0.3) is 0 Å². The van der Waals surface area contributed by atoms with E-state index in [2.05, 4.69) is 177 Å². The van der Waals surface area contributed by atoms with Gasteiger partial charge in [0.2, 0.25) is 5.91 Å². The molecule has 3 saturated heterocycles. The zero-order valence-corrected chi connectivity index (χ0v) is 55.8. The highest BCUT2D eigenvalue weighted by Gasteiger charge is 2.53. The number of carbonyl (C=O) groups excluding carboxylic acids is 1. The Labute approximate surface area is 560 Å². The average Bonchev–Trinajstić information content (AvgIpc) is 0.788. The third-order valence-corrected chi connectivity index (χ3v) is 15.7. The summed E-state index contributed by atoms with van der Waals surface area (Å²) in [6, 6.07) is -1.02. The van der Waals surface area contributed by atoms with Gasteiger partial charge in [0.15, 0.2) is 18.9 Å². The van der Waals surface area contributed by atoms with Crippen molar-refractivity contribution >= 4 is 5.91 Å². The van der Waals surface area contributed by atoms with Gasteiger partial charge in [-0.05, 0) is 122 Å². The summed E-state index contributed by atoms with van der Waals surface area (Å²) < 4.78 is 34.2. The lowest BCUT2D eigenvalue weighted by atomic mass is 9.96. The molecule has 17 unspecified atom stereocenters. The van der Waals surface area contributed by atoms with E-state index >= 15 is 0 Å². The van der Waals surface area contributed by atoms with Crippen molar-refractivity contribution in [3.63, 3.8) is 0 Å². The van der Waals surface area contributed by atoms with Crippen LogP contribution in [0, 0.1) is 0 Å². The van der Waals surface area contributed by atoms with E-state index in [9.17, 15) is 61.0 Å². The average molecular weight is 1320 g/mol. The van der Waals surface area contributed by atoms with Gasteiger partial charge in [0, 0.05) is 6.42 Å². The van der Waals surface area contributed by atoms with Gasteiger partial charge in [-0.2, -0.15) is 0 Å². The highest BCUT2D eigenvalue weighted by Crippen LogP contribution is 2.33. The lowest BCUT2D eigenvalue weighted by Crippen LogP contribution is -2.66. The lowest BCUT2D eigenvalue weighted by Gasteiger charge is -2.48. The molecule has 19 heteroatoms. The molecule has 0 aromatic heterocycles. The van der Waals surface area contributed by atoms with Crippen LogP contribution >= 0.6 is 0 Å². The van der Waals surface area contributed by atoms with E-state index in [0.717, 1.165) is 109 Å². The number of allylic oxidation sites excluding steroid dienone is 27. The van der Waals surface area contributed by atoms with Crippen molar-refractivity contribution in [2.24, 2.45) is 0 Å². The Kier molecular flexibility index (Phi) is 48.1. The van der Waals surface area contributed by atoms with Crippen LogP contribution in [0.4, 0.5) is 0 Å². The third kappa shape index (κ3) is 35.4. The molecular weight excluding hydrogens is 1200 g/mol. The predicted molar refractivity (Wildman–Crippen MR) is 368 cm³/mol. The molecule has 0 radical (unpaired) electrons. The Morgan fingerprint density at radius 2 is 0.745 bits per heavy atom. The molecule has 3 fully saturated rings. The second-order valence-electron chi connectivity index (χ2n) is 23.5. The smallest absolute Gasteiger partial charge is 0.220 e. The zero-order chi connectivity index (χ0) is 68.2. The minimum absolute atomic E-state index is 0.167. The van der Waals surface area contributed by atoms with Crippen molar-refractivity contribution in [1.29, 1.82) is 0 Å². The largest absolute Gasteiger partial charge is 0.394 e. The van der Waals surface area contributed by atoms with Gasteiger partial charge in [0.05, 0.1) is 38.6 Å². The number of aliphatic hydroxyl groups is 11. The van der Waals surface area contributed by atoms with Crippen LogP contribution in [0.15, 0.2) is 170 Å². The van der Waals surface area contributed by atoms with Crippen molar-refractivity contribution < 1.29 is 89.4 Å². The summed E-state index contributed by atoms with van der Waals surface area (Å²) in [7, 11) is 0. The van der Waals surface area contributed by atoms with E-state index in [4.69, 9.17) is 28.4 Å². The van der Waals surface area contributed by atoms with E-state index in [-0.39, 0.29) is 12.3 Å². The second kappa shape index (κ2) is 54.2. The first kappa shape index (κ1) is 83.4. The maximum absolute atomic E-state index is 13.3. The first-order valence-electron chi connectivity index (χ1n) is 34.4. The molecule has 0 aromatic rings. The van der Waals surface area contributed by atoms with Crippen LogP contribution in [-0.4, -0.2) is 193 Å². The number of hydrogen-bond acceptors (Lipinski definition) is 18. The van der Waals surface area contributed by atoms with Gasteiger partial charge < -0.3 is 89.9 Å². The van der Waals surface area contributed by atoms with Gasteiger partial charge in [-0.1, -0.05) is 203 Å². The van der Waals surface area contributed by atoms with E-state index < -0.39 is 131 Å². The first-order valence-corrected chi connectivity index (χ1v) is 34.4. The van der Waals surface area contributed by atoms with Crippen molar-refractivity contribution in [1.82, 2.24) is 5.32 Å². The van der Waals surface area contributed by atoms with Gasteiger partial charge in [-0.3, -0.25) is 4.79 Å². The Morgan fingerprint density at radius 1 is 0.394 bits per heavy atom. The molecule has 0 bridgehead atoms. The number of ether oxygens (including phenoxy) is 6. The topological polar surface area (TPSA) is 307 Å². The number of nitrogens with one attached hydrogen (secondary N) is 1. The van der Waals surface area contributed by atoms with Gasteiger partial charge in [-0.25, -0.2) is 0 Å². The van der Waals surface area contributed by atoms with E-state index in [1.54, 1.807) is 6.08 Å². The number of amides is 1. The molecule has 17 atom stereocenters. The van der Waals surface area contributed by atoms with Crippen LogP contribution in [0.3, 0.4) is 0 Å². The summed E-state index contributed by atoms with van der Waals surface area (Å²) in [4.78, 5) is 13.3. The number of aliphatic hydroxyl groups excluding tert-OH is 11. The Hall–Kier alpha value is -4.85. The summed E-state index contributed by atoms with van der Waals surface area (Å²) in [6.45, 7) is 1.47. The fraction of sp³-hybridized carbons (Fsp3) is 0.613. The van der Waals surface area contributed by atoms with Crippen LogP contribution in [0.5, 0.6) is 0 Å². The molecule has 0 saturated carbocycles. The third-order valence-electron chi connectivity index (χ3n) is 15.7. The normalized spacial score (nSPS) is 28.5. The maximum atomic E-state index is 13.3. The standard InChI is InChI=1S/C75H117NO18/c1-3-5-7-9-11-13-15-16-17-18-19-20-21-22-23-24-25-26-27-28-29-30-31-32-33-34-35-36-37-38-39-40-41-42-43-45-47-49-51-53-63(81)76-58(59(80)52-50-48-46-44-14-12-10-8-6-4-2)57-89-73-69(87)66(84)71(61(55-78)91-73)94-75-70(88)67(85)72(62(56-79)92-75)93-74-68(86)65(83)64(82)60(54-77)90-74/h5,7,11,13-14,16-17,19-20,22-23,25-26,28-29,31-32,34-35,37-38,40-41,43-45,50,52,58-62,64-75,77-80,82-88H,3-4,6,8-10,12,15,18,21,24,27,30,33,36,39,42,46-49,51,53-57H2,1-2H3,(H,76,81)/b7-5-,13-11-,17-16-,20-19-,23-22-,26-25-,29-28-,32-31-,35-34-,38-37-,41-40-,44-14+,45-43-,52-50+. The summed E-state index contributed by atoms with van der Waals surface area (Å²) in [5, 5.41) is 120. The molecule has 530 valence electrons. The van der Waals surface area contributed by atoms with Crippen molar-refractivity contribution in [2.75, 3.05) is 26.4 Å². The van der Waals surface area contributed by atoms with Crippen LogP contribution in [0.2, 0.25) is 0 Å². The number of rotatable bonds is 49. The Balaban J connectivity index is 1.37. The van der Waals surface area contributed by atoms with Crippen LogP contribution in [0.1, 0.15) is 162 Å². The zero-order valence-electron chi connectivity index (χ0n) is 55.8. The number of hydrogen-bond donors (Lipinski definition) is 12. The molecule has 3 aliphatic heterocycles. The predicted octanol–water partition coefficient (Wildman–Crippen LogP) is 9.10. The SMILES string of the molecule is CC/C=C\C/C=C\C/C=C\C/C=C\C/C=C\C/C=C\C/C=C\C/C=C\C/C=C\C/C=C\C/C=C\C/C=C\CCCCC(=O)NC(COC1OC(CO)C(OC2OC(CO)C(OC3OC(CO)C(O)C(O)C3O)C(O)C2O)C(O)C1O)C(O)/C=C/CC/C=C/CCCCCC. The molecule has 19 nitrogen and oxygen atoms in total. The van der Waals surface area contributed by atoms with Crippen molar-refractivity contribution in [3.8, 4) is 0 Å². The molecule has 3 heterocycles. The van der Waals surface area contributed by atoms with Crippen molar-refractivity contribution in [3.05, 3.63) is 170 Å². The van der Waals surface area contributed by atoms with Gasteiger partial charge in [-0.15, -0.1) is 0 Å². The van der Waals surface area contributed by atoms with Gasteiger partial charge in [0.25, 0.3) is 0 Å². The second-order valence-corrected chi connectivity index (χ2v) is 23.5. The monoisotopic (exact) mass is 1320 g/mol. The fourth-order valence-corrected chi connectivity index (χ4v) is 10.2. The molecule has 12 N–H and O–H groups in total. The Morgan fingerprint density at radius 3 is 1.17 bits per heavy atom. The molecule has 0 aliphatic carbocycles. The highest BCUT2D eigenvalue weighted by molar-refractivity contribution is 5.76. The Bertz CT molecular complexity index is 2370. The van der Waals surface area contributed by atoms with Gasteiger partial charge >= 0.3 is 0 Å². The molecule has 0 spiro atoms. The maximum Gasteiger partial charge on any atom is 0.220 e. The first-order chi connectivity index (χ1) is 45.8. The molecule has 0 aromatic carbocycles. The lowest BCUT2D eigenvalue weighted by molar-refractivity contribution is -0.379. The van der Waals surface area contributed by atoms with Crippen molar-refractivity contribution in [2.45, 2.75) is 266 Å². The van der Waals surface area contributed by atoms with E-state index in [1.807, 2.05) is 6.08 Å². The highest BCUT2D eigenvalue weighted by atomic mass is 16.8. The molecule has 3 rings (SSSR count). The van der Waals surface area contributed by atoms with E-state index in [1.165, 1.54) is 19.3 Å². The molecule has 1 amide bonds. The molecule has 94 heavy (non-hydrogen) atoms. The quantitative estimate of drug-likeness (QED) is 0.0200. The molecule has 3 aliphatic rings. The summed E-state index contributed by atoms with van der Waals surface area (Å²) in [5.41, 5.74) is 0. The minimum atomic E-state index is -1.99.